The van der Waals surface area contributed by atoms with Crippen LogP contribution in [0, 0.1) is 0 Å². The van der Waals surface area contributed by atoms with E-state index >= 15 is 0 Å². The first-order valence-corrected chi connectivity index (χ1v) is 9.63. The summed E-state index contributed by atoms with van der Waals surface area (Å²) in [4.78, 5) is 18.7. The number of hydrogen-bond donors (Lipinski definition) is 3. The summed E-state index contributed by atoms with van der Waals surface area (Å²) in [6, 6.07) is 11.3. The van der Waals surface area contributed by atoms with E-state index in [1.807, 2.05) is 30.3 Å². The Kier molecular flexibility index (Phi) is 4.93. The molecule has 0 saturated carbocycles. The van der Waals surface area contributed by atoms with Gasteiger partial charge in [-0.15, -0.1) is 0 Å². The van der Waals surface area contributed by atoms with Crippen LogP contribution in [0.25, 0.3) is 0 Å². The zero-order valence-corrected chi connectivity index (χ0v) is 15.7. The van der Waals surface area contributed by atoms with E-state index in [9.17, 15) is 9.90 Å². The van der Waals surface area contributed by atoms with Gasteiger partial charge < -0.3 is 20.6 Å². The number of urea groups is 1. The molecule has 1 fully saturated rings. The van der Waals surface area contributed by atoms with Crippen molar-refractivity contribution in [2.75, 3.05) is 24.5 Å². The molecular weight excluding hydrogens is 364 g/mol. The number of aryl methyl sites for hydroxylation is 1. The zero-order valence-electron chi connectivity index (χ0n) is 15.0. The lowest BCUT2D eigenvalue weighted by atomic mass is 9.96. The number of carbonyl (C=O) groups excluding carboxylic acids is 1. The van der Waals surface area contributed by atoms with E-state index in [-0.39, 0.29) is 18.6 Å². The Morgan fingerprint density at radius 1 is 1.33 bits per heavy atom. The molecule has 27 heavy (non-hydrogen) atoms. The average Bonchev–Trinajstić information content (AvgIpc) is 3.26. The third-order valence-electron chi connectivity index (χ3n) is 5.43. The molecule has 0 spiro atoms. The van der Waals surface area contributed by atoms with Crippen molar-refractivity contribution in [1.29, 1.82) is 0 Å². The first kappa shape index (κ1) is 18.1. The molecule has 1 aliphatic carbocycles. The zero-order chi connectivity index (χ0) is 18.9. The smallest absolute Gasteiger partial charge is 0.315 e. The van der Waals surface area contributed by atoms with Gasteiger partial charge in [0, 0.05) is 25.3 Å². The van der Waals surface area contributed by atoms with Crippen molar-refractivity contribution in [1.82, 2.24) is 15.6 Å². The third kappa shape index (κ3) is 3.73. The predicted molar refractivity (Wildman–Crippen MR) is 105 cm³/mol. The van der Waals surface area contributed by atoms with Crippen molar-refractivity contribution in [3.8, 4) is 0 Å². The second kappa shape index (κ2) is 7.37. The number of pyridine rings is 1. The van der Waals surface area contributed by atoms with Crippen LogP contribution in [0.3, 0.4) is 0 Å². The Bertz CT molecular complexity index is 846. The van der Waals surface area contributed by atoms with Crippen molar-refractivity contribution in [2.45, 2.75) is 30.9 Å². The van der Waals surface area contributed by atoms with E-state index in [0.717, 1.165) is 36.3 Å². The number of aromatic nitrogens is 1. The molecule has 6 nitrogen and oxygen atoms in total. The van der Waals surface area contributed by atoms with Crippen molar-refractivity contribution in [3.05, 3.63) is 58.7 Å². The Hall–Kier alpha value is -2.31. The number of fused-ring (bicyclic) bond motifs is 1. The fraction of sp³-hybridized carbons (Fsp3) is 0.400. The monoisotopic (exact) mass is 386 g/mol. The van der Waals surface area contributed by atoms with Crippen LogP contribution >= 0.6 is 11.6 Å². The van der Waals surface area contributed by atoms with Crippen LogP contribution in [0.2, 0.25) is 5.02 Å². The number of aliphatic hydroxyl groups is 1. The van der Waals surface area contributed by atoms with Crippen LogP contribution in [0.1, 0.15) is 24.0 Å². The van der Waals surface area contributed by atoms with Gasteiger partial charge >= 0.3 is 6.03 Å². The van der Waals surface area contributed by atoms with Crippen molar-refractivity contribution < 1.29 is 9.90 Å². The van der Waals surface area contributed by atoms with Crippen molar-refractivity contribution in [3.63, 3.8) is 0 Å². The number of nitrogens with zero attached hydrogens (tertiary/aromatic N) is 2. The number of amides is 2. The lowest BCUT2D eigenvalue weighted by Crippen LogP contribution is -2.47. The lowest BCUT2D eigenvalue weighted by molar-refractivity contribution is 0.0411. The van der Waals surface area contributed by atoms with E-state index < -0.39 is 5.60 Å². The highest BCUT2D eigenvalue weighted by Crippen LogP contribution is 2.36. The molecule has 1 aromatic carbocycles. The minimum atomic E-state index is -0.989. The summed E-state index contributed by atoms with van der Waals surface area (Å²) in [5.41, 5.74) is 1.08. The summed E-state index contributed by atoms with van der Waals surface area (Å²) in [7, 11) is 0. The first-order valence-electron chi connectivity index (χ1n) is 9.26. The van der Waals surface area contributed by atoms with E-state index in [1.54, 1.807) is 12.3 Å². The molecule has 0 bridgehead atoms. The van der Waals surface area contributed by atoms with Crippen LogP contribution in [0.15, 0.2) is 42.6 Å². The van der Waals surface area contributed by atoms with Gasteiger partial charge in [0.15, 0.2) is 0 Å². The molecule has 0 radical (unpaired) electrons. The first-order chi connectivity index (χ1) is 13.0. The summed E-state index contributed by atoms with van der Waals surface area (Å²) in [5.74, 6) is 0.751. The number of nitrogens with one attached hydrogen (secondary N) is 2. The maximum absolute atomic E-state index is 12.3. The molecule has 1 aliphatic heterocycles. The molecule has 142 valence electrons. The molecule has 4 rings (SSSR count). The van der Waals surface area contributed by atoms with Crippen LogP contribution in [-0.4, -0.2) is 41.8 Å². The molecule has 2 atom stereocenters. The number of benzene rings is 1. The van der Waals surface area contributed by atoms with E-state index in [0.29, 0.717) is 18.0 Å². The topological polar surface area (TPSA) is 77.5 Å². The second-order valence-corrected chi connectivity index (χ2v) is 7.66. The number of halogens is 1. The molecule has 2 unspecified atom stereocenters. The minimum absolute atomic E-state index is 0.0218. The minimum Gasteiger partial charge on any atom is -0.383 e. The Balaban J connectivity index is 1.30. The van der Waals surface area contributed by atoms with Crippen LogP contribution in [0.4, 0.5) is 10.6 Å². The molecule has 1 aromatic heterocycles. The van der Waals surface area contributed by atoms with E-state index in [4.69, 9.17) is 11.6 Å². The molecule has 2 amide bonds. The molecule has 1 saturated heterocycles. The van der Waals surface area contributed by atoms with Crippen molar-refractivity contribution >= 4 is 23.4 Å². The van der Waals surface area contributed by atoms with Crippen molar-refractivity contribution in [2.24, 2.45) is 0 Å². The van der Waals surface area contributed by atoms with Gasteiger partial charge in [-0.3, -0.25) is 0 Å². The largest absolute Gasteiger partial charge is 0.383 e. The average molecular weight is 387 g/mol. The maximum atomic E-state index is 12.3. The molecule has 2 aliphatic rings. The molecule has 2 heterocycles. The number of hydrogen-bond acceptors (Lipinski definition) is 4. The van der Waals surface area contributed by atoms with Gasteiger partial charge in [-0.1, -0.05) is 35.9 Å². The Labute approximate surface area is 163 Å². The van der Waals surface area contributed by atoms with Crippen LogP contribution in [-0.2, 0) is 12.0 Å². The fourth-order valence-corrected chi connectivity index (χ4v) is 4.24. The normalized spacial score (nSPS) is 23.9. The van der Waals surface area contributed by atoms with Gasteiger partial charge in [-0.05, 0) is 42.5 Å². The SMILES string of the molecule is O=C(NCC1(O)CCc2ccccc21)NC1CCN(c2ncccc2Cl)C1. The Morgan fingerprint density at radius 3 is 3.04 bits per heavy atom. The highest BCUT2D eigenvalue weighted by atomic mass is 35.5. The summed E-state index contributed by atoms with van der Waals surface area (Å²) in [6.07, 6.45) is 4.00. The fourth-order valence-electron chi connectivity index (χ4n) is 4.00. The van der Waals surface area contributed by atoms with Gasteiger partial charge in [0.2, 0.25) is 0 Å². The van der Waals surface area contributed by atoms with Gasteiger partial charge in [0.05, 0.1) is 11.6 Å². The summed E-state index contributed by atoms with van der Waals surface area (Å²) in [5, 5.41) is 17.3. The van der Waals surface area contributed by atoms with Gasteiger partial charge in [0.25, 0.3) is 0 Å². The van der Waals surface area contributed by atoms with Gasteiger partial charge in [-0.2, -0.15) is 0 Å². The second-order valence-electron chi connectivity index (χ2n) is 7.26. The molecule has 7 heteroatoms. The quantitative estimate of drug-likeness (QED) is 0.754. The number of carbonyl (C=O) groups is 1. The lowest BCUT2D eigenvalue weighted by Gasteiger charge is -2.25. The van der Waals surface area contributed by atoms with Gasteiger partial charge in [-0.25, -0.2) is 9.78 Å². The highest BCUT2D eigenvalue weighted by Gasteiger charge is 2.36. The number of rotatable bonds is 4. The Morgan fingerprint density at radius 2 is 2.19 bits per heavy atom. The molecular formula is C20H23ClN4O2. The van der Waals surface area contributed by atoms with E-state index in [2.05, 4.69) is 20.5 Å². The summed E-state index contributed by atoms with van der Waals surface area (Å²) >= 11 is 6.21. The van der Waals surface area contributed by atoms with Crippen LogP contribution in [0.5, 0.6) is 0 Å². The highest BCUT2D eigenvalue weighted by molar-refractivity contribution is 6.32. The summed E-state index contributed by atoms with van der Waals surface area (Å²) < 4.78 is 0. The molecule has 3 N–H and O–H groups in total. The maximum Gasteiger partial charge on any atom is 0.315 e. The third-order valence-corrected chi connectivity index (χ3v) is 5.73. The van der Waals surface area contributed by atoms with Crippen LogP contribution < -0.4 is 15.5 Å². The predicted octanol–water partition coefficient (Wildman–Crippen LogP) is 2.45. The number of anilines is 1. The van der Waals surface area contributed by atoms with E-state index in [1.165, 1.54) is 0 Å². The summed E-state index contributed by atoms with van der Waals surface area (Å²) in [6.45, 7) is 1.66. The van der Waals surface area contributed by atoms with Gasteiger partial charge in [0.1, 0.15) is 11.4 Å². The standard InChI is InChI=1S/C20H23ClN4O2/c21-17-6-3-10-22-18(17)25-11-8-15(12-25)24-19(26)23-13-20(27)9-7-14-4-1-2-5-16(14)20/h1-6,10,15,27H,7-9,11-13H2,(H2,23,24,26). The molecule has 2 aromatic rings.